The summed E-state index contributed by atoms with van der Waals surface area (Å²) in [5.41, 5.74) is 2.88. The number of aryl methyl sites for hydroxylation is 1. The summed E-state index contributed by atoms with van der Waals surface area (Å²) in [5, 5.41) is 9.45. The van der Waals surface area contributed by atoms with Gasteiger partial charge < -0.3 is 5.11 Å². The molecule has 1 heterocycles. The van der Waals surface area contributed by atoms with Crippen molar-refractivity contribution in [3.8, 4) is 11.3 Å². The van der Waals surface area contributed by atoms with E-state index in [1.54, 1.807) is 18.2 Å². The molecular weight excluding hydrogens is 238 g/mol. The van der Waals surface area contributed by atoms with Crippen LogP contribution < -0.4 is 0 Å². The van der Waals surface area contributed by atoms with Gasteiger partial charge in [0.15, 0.2) is 0 Å². The van der Waals surface area contributed by atoms with E-state index in [9.17, 15) is 4.79 Å². The van der Waals surface area contributed by atoms with Crippen LogP contribution in [-0.2, 0) is 0 Å². The first-order valence-corrected chi connectivity index (χ1v) is 5.41. The summed E-state index contributed by atoms with van der Waals surface area (Å²) in [6.45, 7) is 1.94. The third-order valence-corrected chi connectivity index (χ3v) is 2.71. The standard InChI is InChI=1S/C13H10ClNO2/c1-8-6-10(14)3-4-11(8)12-5-2-9(7-15-12)13(16)17/h2-7H,1H3,(H,16,17). The second-order valence-electron chi connectivity index (χ2n) is 3.70. The maximum Gasteiger partial charge on any atom is 0.337 e. The van der Waals surface area contributed by atoms with Gasteiger partial charge in [-0.05, 0) is 36.8 Å². The Morgan fingerprint density at radius 2 is 2.06 bits per heavy atom. The van der Waals surface area contributed by atoms with Gasteiger partial charge in [0.1, 0.15) is 0 Å². The van der Waals surface area contributed by atoms with Gasteiger partial charge in [-0.15, -0.1) is 0 Å². The summed E-state index contributed by atoms with van der Waals surface area (Å²) in [6, 6.07) is 8.75. The van der Waals surface area contributed by atoms with Crippen molar-refractivity contribution in [3.05, 3.63) is 52.7 Å². The number of carboxylic acid groups (broad SMARTS) is 1. The van der Waals surface area contributed by atoms with Gasteiger partial charge in [-0.3, -0.25) is 4.98 Å². The molecule has 0 aliphatic heterocycles. The van der Waals surface area contributed by atoms with E-state index in [1.807, 2.05) is 19.1 Å². The Balaban J connectivity index is 2.43. The summed E-state index contributed by atoms with van der Waals surface area (Å²) >= 11 is 5.87. The van der Waals surface area contributed by atoms with Crippen molar-refractivity contribution in [1.82, 2.24) is 4.98 Å². The van der Waals surface area contributed by atoms with E-state index in [1.165, 1.54) is 6.20 Å². The first kappa shape index (κ1) is 11.6. The lowest BCUT2D eigenvalue weighted by Crippen LogP contribution is -1.97. The zero-order chi connectivity index (χ0) is 12.4. The molecule has 3 nitrogen and oxygen atoms in total. The molecule has 0 saturated carbocycles. The Morgan fingerprint density at radius 1 is 1.29 bits per heavy atom. The van der Waals surface area contributed by atoms with Crippen LogP contribution in [0.2, 0.25) is 5.02 Å². The van der Waals surface area contributed by atoms with Gasteiger partial charge in [-0.1, -0.05) is 17.7 Å². The molecule has 0 unspecified atom stereocenters. The largest absolute Gasteiger partial charge is 0.478 e. The molecule has 0 aliphatic carbocycles. The number of benzene rings is 1. The molecule has 2 rings (SSSR count). The normalized spacial score (nSPS) is 10.2. The van der Waals surface area contributed by atoms with Crippen LogP contribution in [-0.4, -0.2) is 16.1 Å². The Labute approximate surface area is 104 Å². The Hall–Kier alpha value is -1.87. The molecule has 17 heavy (non-hydrogen) atoms. The first-order chi connectivity index (χ1) is 8.08. The number of aromatic carboxylic acids is 1. The minimum atomic E-state index is -0.975. The lowest BCUT2D eigenvalue weighted by molar-refractivity contribution is 0.0696. The molecule has 1 aromatic carbocycles. The highest BCUT2D eigenvalue weighted by Gasteiger charge is 2.06. The molecule has 0 atom stereocenters. The van der Waals surface area contributed by atoms with E-state index in [-0.39, 0.29) is 5.56 Å². The molecule has 1 N–H and O–H groups in total. The van der Waals surface area contributed by atoms with Gasteiger partial charge in [0.2, 0.25) is 0 Å². The van der Waals surface area contributed by atoms with Crippen LogP contribution in [0.1, 0.15) is 15.9 Å². The highest BCUT2D eigenvalue weighted by atomic mass is 35.5. The molecule has 0 fully saturated rings. The Morgan fingerprint density at radius 3 is 2.59 bits per heavy atom. The summed E-state index contributed by atoms with van der Waals surface area (Å²) in [5.74, 6) is -0.975. The van der Waals surface area contributed by atoms with Crippen LogP contribution in [0.25, 0.3) is 11.3 Å². The van der Waals surface area contributed by atoms with Crippen molar-refractivity contribution < 1.29 is 9.90 Å². The number of carbonyl (C=O) groups is 1. The van der Waals surface area contributed by atoms with Crippen LogP contribution in [0.5, 0.6) is 0 Å². The molecule has 0 amide bonds. The molecule has 1 aromatic heterocycles. The fraction of sp³-hybridized carbons (Fsp3) is 0.0769. The second-order valence-corrected chi connectivity index (χ2v) is 4.13. The highest BCUT2D eigenvalue weighted by Crippen LogP contribution is 2.24. The SMILES string of the molecule is Cc1cc(Cl)ccc1-c1ccc(C(=O)O)cn1. The van der Waals surface area contributed by atoms with E-state index in [2.05, 4.69) is 4.98 Å². The monoisotopic (exact) mass is 247 g/mol. The fourth-order valence-electron chi connectivity index (χ4n) is 1.59. The van der Waals surface area contributed by atoms with E-state index < -0.39 is 5.97 Å². The third-order valence-electron chi connectivity index (χ3n) is 2.47. The number of halogens is 1. The minimum Gasteiger partial charge on any atom is -0.478 e. The van der Waals surface area contributed by atoms with E-state index in [4.69, 9.17) is 16.7 Å². The maximum absolute atomic E-state index is 10.7. The van der Waals surface area contributed by atoms with E-state index in [0.29, 0.717) is 5.02 Å². The van der Waals surface area contributed by atoms with Crippen molar-refractivity contribution in [2.45, 2.75) is 6.92 Å². The number of pyridine rings is 1. The molecule has 0 bridgehead atoms. The molecule has 0 spiro atoms. The Bertz CT molecular complexity index is 564. The summed E-state index contributed by atoms with van der Waals surface area (Å²) in [7, 11) is 0. The highest BCUT2D eigenvalue weighted by molar-refractivity contribution is 6.30. The van der Waals surface area contributed by atoms with Gasteiger partial charge in [-0.2, -0.15) is 0 Å². The minimum absolute atomic E-state index is 0.181. The fourth-order valence-corrected chi connectivity index (χ4v) is 1.82. The third kappa shape index (κ3) is 2.45. The molecule has 0 radical (unpaired) electrons. The Kier molecular flexibility index (Phi) is 3.11. The number of aromatic nitrogens is 1. The zero-order valence-corrected chi connectivity index (χ0v) is 9.90. The van der Waals surface area contributed by atoms with Crippen molar-refractivity contribution in [3.63, 3.8) is 0 Å². The summed E-state index contributed by atoms with van der Waals surface area (Å²) < 4.78 is 0. The summed E-state index contributed by atoms with van der Waals surface area (Å²) in [6.07, 6.45) is 1.35. The molecule has 0 saturated heterocycles. The van der Waals surface area contributed by atoms with Gasteiger partial charge in [-0.25, -0.2) is 4.79 Å². The van der Waals surface area contributed by atoms with Crippen LogP contribution in [0.15, 0.2) is 36.5 Å². The number of hydrogen-bond acceptors (Lipinski definition) is 2. The van der Waals surface area contributed by atoms with Gasteiger partial charge in [0, 0.05) is 16.8 Å². The van der Waals surface area contributed by atoms with Crippen molar-refractivity contribution >= 4 is 17.6 Å². The van der Waals surface area contributed by atoms with Crippen LogP contribution >= 0.6 is 11.6 Å². The molecular formula is C13H10ClNO2. The molecule has 86 valence electrons. The number of nitrogens with zero attached hydrogens (tertiary/aromatic N) is 1. The number of carboxylic acids is 1. The predicted octanol–water partition coefficient (Wildman–Crippen LogP) is 3.41. The molecule has 2 aromatic rings. The van der Waals surface area contributed by atoms with Gasteiger partial charge in [0.25, 0.3) is 0 Å². The van der Waals surface area contributed by atoms with Crippen LogP contribution in [0.3, 0.4) is 0 Å². The summed E-state index contributed by atoms with van der Waals surface area (Å²) in [4.78, 5) is 14.8. The second kappa shape index (κ2) is 4.55. The molecule has 0 aliphatic rings. The number of hydrogen-bond donors (Lipinski definition) is 1. The van der Waals surface area contributed by atoms with Crippen molar-refractivity contribution in [1.29, 1.82) is 0 Å². The average Bonchev–Trinajstić information content (AvgIpc) is 2.29. The van der Waals surface area contributed by atoms with E-state index in [0.717, 1.165) is 16.8 Å². The predicted molar refractivity (Wildman–Crippen MR) is 66.4 cm³/mol. The zero-order valence-electron chi connectivity index (χ0n) is 9.14. The topological polar surface area (TPSA) is 50.2 Å². The van der Waals surface area contributed by atoms with Crippen LogP contribution in [0.4, 0.5) is 0 Å². The molecule has 4 heteroatoms. The van der Waals surface area contributed by atoms with E-state index >= 15 is 0 Å². The van der Waals surface area contributed by atoms with Crippen LogP contribution in [0, 0.1) is 6.92 Å². The lowest BCUT2D eigenvalue weighted by atomic mass is 10.0. The van der Waals surface area contributed by atoms with Crippen molar-refractivity contribution in [2.75, 3.05) is 0 Å². The van der Waals surface area contributed by atoms with Gasteiger partial charge in [0.05, 0.1) is 11.3 Å². The maximum atomic E-state index is 10.7. The average molecular weight is 248 g/mol. The van der Waals surface area contributed by atoms with Gasteiger partial charge >= 0.3 is 5.97 Å². The number of rotatable bonds is 2. The van der Waals surface area contributed by atoms with Crippen molar-refractivity contribution in [2.24, 2.45) is 0 Å². The first-order valence-electron chi connectivity index (χ1n) is 5.04. The quantitative estimate of drug-likeness (QED) is 0.885. The smallest absolute Gasteiger partial charge is 0.337 e. The lowest BCUT2D eigenvalue weighted by Gasteiger charge is -2.05.